The van der Waals surface area contributed by atoms with Crippen molar-refractivity contribution >= 4 is 21.8 Å². The molecule has 1 amide bonds. The first-order valence-electron chi connectivity index (χ1n) is 8.25. The lowest BCUT2D eigenvalue weighted by molar-refractivity contribution is -0.136. The monoisotopic (exact) mass is 381 g/mol. The van der Waals surface area contributed by atoms with Gasteiger partial charge in [0.15, 0.2) is 0 Å². The highest BCUT2D eigenvalue weighted by Gasteiger charge is 2.22. The largest absolute Gasteiger partial charge is 0.378 e. The fourth-order valence-electron chi connectivity index (χ4n) is 3.06. The molecule has 2 heterocycles. The molecule has 2 fully saturated rings. The molecule has 126 valence electrons. The first-order valence-corrected chi connectivity index (χ1v) is 9.05. The van der Waals surface area contributed by atoms with Crippen molar-refractivity contribution in [2.45, 2.75) is 6.54 Å². The molecule has 3 rings (SSSR count). The number of carbonyl (C=O) groups is 1. The number of hydrogen-bond acceptors (Lipinski definition) is 4. The number of rotatable bonds is 4. The van der Waals surface area contributed by atoms with E-state index in [1.165, 1.54) is 5.56 Å². The molecule has 0 radical (unpaired) electrons. The predicted octanol–water partition coefficient (Wildman–Crippen LogP) is 1.43. The zero-order valence-electron chi connectivity index (χ0n) is 13.4. The third kappa shape index (κ3) is 5.01. The Kier molecular flexibility index (Phi) is 6.05. The summed E-state index contributed by atoms with van der Waals surface area (Å²) in [5.74, 6) is 0.245. The molecular formula is C17H24BrN3O2. The number of amides is 1. The molecule has 2 aliphatic rings. The number of benzene rings is 1. The molecule has 6 heteroatoms. The van der Waals surface area contributed by atoms with Gasteiger partial charge in [0.05, 0.1) is 19.8 Å². The summed E-state index contributed by atoms with van der Waals surface area (Å²) in [6, 6.07) is 8.51. The second-order valence-electron chi connectivity index (χ2n) is 6.17. The molecule has 0 spiro atoms. The normalized spacial score (nSPS) is 20.7. The minimum Gasteiger partial charge on any atom is -0.378 e. The lowest BCUT2D eigenvalue weighted by Crippen LogP contribution is -2.51. The van der Waals surface area contributed by atoms with Crippen LogP contribution in [-0.2, 0) is 16.1 Å². The van der Waals surface area contributed by atoms with Crippen LogP contribution in [0, 0.1) is 0 Å². The van der Waals surface area contributed by atoms with E-state index < -0.39 is 0 Å². The molecule has 2 saturated heterocycles. The Labute approximate surface area is 146 Å². The summed E-state index contributed by atoms with van der Waals surface area (Å²) in [5, 5.41) is 0. The number of ether oxygens (including phenoxy) is 1. The maximum atomic E-state index is 12.3. The maximum absolute atomic E-state index is 12.3. The van der Waals surface area contributed by atoms with Crippen LogP contribution in [0.3, 0.4) is 0 Å². The molecule has 0 bridgehead atoms. The second kappa shape index (κ2) is 8.24. The highest BCUT2D eigenvalue weighted by Crippen LogP contribution is 2.13. The lowest BCUT2D eigenvalue weighted by Gasteiger charge is -2.36. The standard InChI is InChI=1S/C17H24BrN3O2/c18-16-3-1-15(2-4-16)13-19-5-7-20(8-6-19)14-17(22)21-9-11-23-12-10-21/h1-4H,5-14H2. The van der Waals surface area contributed by atoms with Gasteiger partial charge in [-0.25, -0.2) is 0 Å². The summed E-state index contributed by atoms with van der Waals surface area (Å²) in [7, 11) is 0. The minimum absolute atomic E-state index is 0.245. The van der Waals surface area contributed by atoms with Crippen LogP contribution in [0.1, 0.15) is 5.56 Å². The van der Waals surface area contributed by atoms with Crippen molar-refractivity contribution in [3.8, 4) is 0 Å². The number of halogens is 1. The Bertz CT molecular complexity index is 509. The van der Waals surface area contributed by atoms with E-state index in [1.807, 2.05) is 4.90 Å². The zero-order chi connectivity index (χ0) is 16.1. The van der Waals surface area contributed by atoms with Crippen LogP contribution in [0.4, 0.5) is 0 Å². The van der Waals surface area contributed by atoms with Crippen molar-refractivity contribution in [3.63, 3.8) is 0 Å². The van der Waals surface area contributed by atoms with Crippen molar-refractivity contribution in [1.82, 2.24) is 14.7 Å². The number of hydrogen-bond donors (Lipinski definition) is 0. The van der Waals surface area contributed by atoms with Gasteiger partial charge in [-0.3, -0.25) is 14.6 Å². The molecule has 0 saturated carbocycles. The molecule has 0 N–H and O–H groups in total. The van der Waals surface area contributed by atoms with Gasteiger partial charge >= 0.3 is 0 Å². The van der Waals surface area contributed by atoms with Crippen LogP contribution in [-0.4, -0.2) is 79.6 Å². The summed E-state index contributed by atoms with van der Waals surface area (Å²) < 4.78 is 6.42. The van der Waals surface area contributed by atoms with Gasteiger partial charge < -0.3 is 9.64 Å². The van der Waals surface area contributed by atoms with E-state index >= 15 is 0 Å². The van der Waals surface area contributed by atoms with Crippen LogP contribution in [0.25, 0.3) is 0 Å². The number of piperazine rings is 1. The molecule has 0 aromatic heterocycles. The minimum atomic E-state index is 0.245. The summed E-state index contributed by atoms with van der Waals surface area (Å²) in [5.41, 5.74) is 1.34. The molecule has 1 aromatic rings. The average molecular weight is 382 g/mol. The van der Waals surface area contributed by atoms with E-state index in [0.717, 1.165) is 50.3 Å². The molecule has 2 aliphatic heterocycles. The van der Waals surface area contributed by atoms with Gasteiger partial charge in [0.2, 0.25) is 5.91 Å². The van der Waals surface area contributed by atoms with Gasteiger partial charge in [0.1, 0.15) is 0 Å². The summed E-state index contributed by atoms with van der Waals surface area (Å²) in [4.78, 5) is 18.9. The smallest absolute Gasteiger partial charge is 0.236 e. The summed E-state index contributed by atoms with van der Waals surface area (Å²) >= 11 is 3.47. The molecule has 1 aromatic carbocycles. The van der Waals surface area contributed by atoms with Crippen molar-refractivity contribution in [2.24, 2.45) is 0 Å². The summed E-state index contributed by atoms with van der Waals surface area (Å²) in [6.45, 7) is 8.33. The highest BCUT2D eigenvalue weighted by molar-refractivity contribution is 9.10. The van der Waals surface area contributed by atoms with E-state index in [-0.39, 0.29) is 5.91 Å². The molecule has 5 nitrogen and oxygen atoms in total. The van der Waals surface area contributed by atoms with Crippen molar-refractivity contribution in [2.75, 3.05) is 59.0 Å². The van der Waals surface area contributed by atoms with Gasteiger partial charge in [0.25, 0.3) is 0 Å². The SMILES string of the molecule is O=C(CN1CCN(Cc2ccc(Br)cc2)CC1)N1CCOCC1. The maximum Gasteiger partial charge on any atom is 0.236 e. The molecule has 0 unspecified atom stereocenters. The third-order valence-electron chi connectivity index (χ3n) is 4.51. The van der Waals surface area contributed by atoms with Crippen molar-refractivity contribution < 1.29 is 9.53 Å². The first kappa shape index (κ1) is 16.9. The van der Waals surface area contributed by atoms with E-state index in [9.17, 15) is 4.79 Å². The second-order valence-corrected chi connectivity index (χ2v) is 7.09. The number of carbonyl (C=O) groups excluding carboxylic acids is 1. The van der Waals surface area contributed by atoms with Gasteiger partial charge in [-0.05, 0) is 17.7 Å². The van der Waals surface area contributed by atoms with Crippen LogP contribution in [0.5, 0.6) is 0 Å². The fourth-order valence-corrected chi connectivity index (χ4v) is 3.32. The molecule has 0 aliphatic carbocycles. The molecular weight excluding hydrogens is 358 g/mol. The Morgan fingerprint density at radius 1 is 0.957 bits per heavy atom. The van der Waals surface area contributed by atoms with Crippen LogP contribution < -0.4 is 0 Å². The van der Waals surface area contributed by atoms with E-state index in [1.54, 1.807) is 0 Å². The predicted molar refractivity (Wildman–Crippen MR) is 93.3 cm³/mol. The Hall–Kier alpha value is -0.950. The van der Waals surface area contributed by atoms with Gasteiger partial charge in [0, 0.05) is 50.3 Å². The Morgan fingerprint density at radius 3 is 2.22 bits per heavy atom. The van der Waals surface area contributed by atoms with Crippen LogP contribution >= 0.6 is 15.9 Å². The fraction of sp³-hybridized carbons (Fsp3) is 0.588. The van der Waals surface area contributed by atoms with Crippen LogP contribution in [0.15, 0.2) is 28.7 Å². The van der Waals surface area contributed by atoms with E-state index in [2.05, 4.69) is 50.0 Å². The Morgan fingerprint density at radius 2 is 1.57 bits per heavy atom. The number of morpholine rings is 1. The zero-order valence-corrected chi connectivity index (χ0v) is 15.0. The van der Waals surface area contributed by atoms with Crippen molar-refractivity contribution in [3.05, 3.63) is 34.3 Å². The molecule has 0 atom stereocenters. The first-order chi connectivity index (χ1) is 11.2. The Balaban J connectivity index is 1.41. The van der Waals surface area contributed by atoms with Crippen molar-refractivity contribution in [1.29, 1.82) is 0 Å². The average Bonchev–Trinajstić information content (AvgIpc) is 2.59. The highest BCUT2D eigenvalue weighted by atomic mass is 79.9. The van der Waals surface area contributed by atoms with Gasteiger partial charge in [-0.1, -0.05) is 28.1 Å². The van der Waals surface area contributed by atoms with Crippen LogP contribution in [0.2, 0.25) is 0 Å². The quantitative estimate of drug-likeness (QED) is 0.790. The van der Waals surface area contributed by atoms with Gasteiger partial charge in [-0.15, -0.1) is 0 Å². The van der Waals surface area contributed by atoms with E-state index in [4.69, 9.17) is 4.74 Å². The topological polar surface area (TPSA) is 36.0 Å². The summed E-state index contributed by atoms with van der Waals surface area (Å²) in [6.07, 6.45) is 0. The van der Waals surface area contributed by atoms with Gasteiger partial charge in [-0.2, -0.15) is 0 Å². The van der Waals surface area contributed by atoms with E-state index in [0.29, 0.717) is 19.8 Å². The molecule has 23 heavy (non-hydrogen) atoms. The number of nitrogens with zero attached hydrogens (tertiary/aromatic N) is 3. The third-order valence-corrected chi connectivity index (χ3v) is 5.04. The lowest BCUT2D eigenvalue weighted by atomic mass is 10.2.